The zero-order chi connectivity index (χ0) is 33.4. The van der Waals surface area contributed by atoms with Gasteiger partial charge in [-0.1, -0.05) is 29.8 Å². The summed E-state index contributed by atoms with van der Waals surface area (Å²) in [6, 6.07) is 21.1. The van der Waals surface area contributed by atoms with Crippen molar-refractivity contribution in [2.24, 2.45) is 7.05 Å². The van der Waals surface area contributed by atoms with Crippen LogP contribution < -0.4 is 19.7 Å². The van der Waals surface area contributed by atoms with Crippen molar-refractivity contribution >= 4 is 37.8 Å². The van der Waals surface area contributed by atoms with Gasteiger partial charge in [-0.2, -0.15) is 0 Å². The summed E-state index contributed by atoms with van der Waals surface area (Å²) in [6.07, 6.45) is 3.54. The Morgan fingerprint density at radius 2 is 1.69 bits per heavy atom. The lowest BCUT2D eigenvalue weighted by Gasteiger charge is -2.28. The predicted octanol–water partition coefficient (Wildman–Crippen LogP) is 5.28. The van der Waals surface area contributed by atoms with Gasteiger partial charge < -0.3 is 29.0 Å². The maximum atomic E-state index is 14.5. The van der Waals surface area contributed by atoms with Gasteiger partial charge in [0.15, 0.2) is 11.4 Å². The molecule has 0 unspecified atom stereocenters. The molecule has 0 bridgehead atoms. The fourth-order valence-corrected chi connectivity index (χ4v) is 7.73. The van der Waals surface area contributed by atoms with Crippen molar-refractivity contribution in [3.05, 3.63) is 95.8 Å². The van der Waals surface area contributed by atoms with Crippen LogP contribution in [0.3, 0.4) is 0 Å². The summed E-state index contributed by atoms with van der Waals surface area (Å²) in [7, 11) is 0.906. The number of aryl methyl sites for hydroxylation is 2. The van der Waals surface area contributed by atoms with Gasteiger partial charge in [-0.3, -0.25) is 0 Å². The summed E-state index contributed by atoms with van der Waals surface area (Å²) < 4.78 is 48.7. The van der Waals surface area contributed by atoms with Gasteiger partial charge in [-0.25, -0.2) is 22.4 Å². The highest BCUT2D eigenvalue weighted by Crippen LogP contribution is 2.39. The first kappa shape index (κ1) is 31.7. The van der Waals surface area contributed by atoms with Gasteiger partial charge in [0, 0.05) is 68.3 Å². The van der Waals surface area contributed by atoms with Crippen LogP contribution >= 0.6 is 0 Å². The van der Waals surface area contributed by atoms with Gasteiger partial charge in [-0.15, -0.1) is 0 Å². The summed E-state index contributed by atoms with van der Waals surface area (Å²) in [5.74, 6) is 0.791. The summed E-state index contributed by atoms with van der Waals surface area (Å²) in [6.45, 7) is 6.38. The van der Waals surface area contributed by atoms with Crippen LogP contribution in [-0.4, -0.2) is 67.4 Å². The number of morpholine rings is 1. The number of aromatic nitrogens is 4. The van der Waals surface area contributed by atoms with E-state index in [1.165, 1.54) is 16.8 Å². The highest BCUT2D eigenvalue weighted by molar-refractivity contribution is 7.90. The molecule has 0 radical (unpaired) electrons. The monoisotopic (exact) mass is 666 g/mol. The van der Waals surface area contributed by atoms with Crippen molar-refractivity contribution in [3.63, 3.8) is 0 Å². The molecule has 0 amide bonds. The van der Waals surface area contributed by atoms with E-state index in [-0.39, 0.29) is 4.90 Å². The Hall–Kier alpha value is -4.91. The van der Waals surface area contributed by atoms with Crippen LogP contribution in [0, 0.1) is 6.92 Å². The molecule has 248 valence electrons. The van der Waals surface area contributed by atoms with E-state index in [0.717, 1.165) is 53.9 Å². The smallest absolute Gasteiger partial charge is 0.269 e. The van der Waals surface area contributed by atoms with Crippen LogP contribution in [0.4, 0.5) is 5.69 Å². The van der Waals surface area contributed by atoms with E-state index in [2.05, 4.69) is 39.5 Å². The molecule has 11 nitrogen and oxygen atoms in total. The Labute approximate surface area is 279 Å². The molecule has 0 spiro atoms. The van der Waals surface area contributed by atoms with Crippen molar-refractivity contribution in [1.29, 1.82) is 0 Å². The number of rotatable bonds is 10. The maximum Gasteiger partial charge on any atom is 0.269 e. The van der Waals surface area contributed by atoms with Crippen molar-refractivity contribution in [2.75, 3.05) is 45.4 Å². The van der Waals surface area contributed by atoms with Gasteiger partial charge in [-0.05, 0) is 54.4 Å². The van der Waals surface area contributed by atoms with Crippen LogP contribution in [0.5, 0.6) is 11.6 Å². The number of fused-ring (bicyclic) bond motifs is 2. The number of nitrogens with one attached hydrogen (secondary N) is 1. The van der Waals surface area contributed by atoms with E-state index < -0.39 is 10.0 Å². The van der Waals surface area contributed by atoms with Gasteiger partial charge in [0.2, 0.25) is 0 Å². The minimum absolute atomic E-state index is 0.171. The van der Waals surface area contributed by atoms with Gasteiger partial charge in [0.25, 0.3) is 15.9 Å². The third-order valence-electron chi connectivity index (χ3n) is 8.85. The third kappa shape index (κ3) is 5.76. The molecule has 1 aliphatic rings. The molecule has 48 heavy (non-hydrogen) atoms. The number of hydrogen-bond acceptors (Lipinski definition) is 9. The highest BCUT2D eigenvalue weighted by atomic mass is 32.2. The lowest BCUT2D eigenvalue weighted by molar-refractivity contribution is 0.122. The fourth-order valence-electron chi connectivity index (χ4n) is 6.26. The molecule has 0 atom stereocenters. The van der Waals surface area contributed by atoms with Crippen LogP contribution in [-0.2, 0) is 34.9 Å². The first-order valence-electron chi connectivity index (χ1n) is 15.8. The average molecular weight is 667 g/mol. The second kappa shape index (κ2) is 12.9. The summed E-state index contributed by atoms with van der Waals surface area (Å²) >= 11 is 0. The number of benzene rings is 2. The van der Waals surface area contributed by atoms with Crippen molar-refractivity contribution in [2.45, 2.75) is 24.9 Å². The van der Waals surface area contributed by atoms with Crippen molar-refractivity contribution < 1.29 is 22.6 Å². The number of methoxy groups -OCH3 is 2. The summed E-state index contributed by atoms with van der Waals surface area (Å²) in [5, 5.41) is 4.28. The normalized spacial score (nSPS) is 13.8. The first-order chi connectivity index (χ1) is 23.3. The maximum absolute atomic E-state index is 14.5. The molecule has 6 aromatic rings. The van der Waals surface area contributed by atoms with Crippen LogP contribution in [0.15, 0.2) is 84.0 Å². The van der Waals surface area contributed by atoms with Crippen molar-refractivity contribution in [3.8, 4) is 22.9 Å². The molecule has 2 aromatic carbocycles. The number of ether oxygens (including phenoxy) is 3. The minimum Gasteiger partial charge on any atom is -0.491 e. The zero-order valence-electron chi connectivity index (χ0n) is 27.4. The molecule has 5 heterocycles. The molecular formula is C36H38N6O5S. The standard InChI is InChI=1S/C36H38N6O5S/c1-24-5-11-28(12-6-24)48(43,44)42-31(30-23-40(2)32-20-33(45-3)36(46-4)39-34(30)32)19-29-26(13-14-38-35(29)42)22-37-21-25-7-9-27(10-8-25)41-15-17-47-18-16-41/h5-14,19-20,23,37H,15-18,21-22H2,1-4H3. The number of anilines is 1. The molecule has 1 fully saturated rings. The summed E-state index contributed by atoms with van der Waals surface area (Å²) in [5.41, 5.74) is 7.02. The van der Waals surface area contributed by atoms with E-state index in [0.29, 0.717) is 47.1 Å². The predicted molar refractivity (Wildman–Crippen MR) is 186 cm³/mol. The van der Waals surface area contributed by atoms with E-state index >= 15 is 0 Å². The number of pyridine rings is 2. The lowest BCUT2D eigenvalue weighted by Crippen LogP contribution is -2.36. The van der Waals surface area contributed by atoms with Gasteiger partial charge >= 0.3 is 0 Å². The highest BCUT2D eigenvalue weighted by Gasteiger charge is 2.28. The minimum atomic E-state index is -4.07. The molecule has 12 heteroatoms. The van der Waals surface area contributed by atoms with Crippen LogP contribution in [0.25, 0.3) is 33.3 Å². The van der Waals surface area contributed by atoms with Crippen LogP contribution in [0.2, 0.25) is 0 Å². The Bertz CT molecular complexity index is 2200. The number of nitrogens with zero attached hydrogens (tertiary/aromatic N) is 5. The Morgan fingerprint density at radius 1 is 0.938 bits per heavy atom. The zero-order valence-corrected chi connectivity index (χ0v) is 28.3. The molecule has 0 aliphatic carbocycles. The van der Waals surface area contributed by atoms with E-state index in [1.807, 2.05) is 42.9 Å². The average Bonchev–Trinajstić information content (AvgIpc) is 3.66. The number of hydrogen-bond donors (Lipinski definition) is 1. The molecule has 0 saturated carbocycles. The SMILES string of the molecule is COc1cc2c(nc1OC)c(-c1cc3c(CNCc4ccc(N5CCOCC5)cc4)ccnc3n1S(=O)(=O)c1ccc(C)cc1)cn2C. The van der Waals surface area contributed by atoms with Crippen LogP contribution in [0.1, 0.15) is 16.7 Å². The Balaban J connectivity index is 1.29. The molecule has 1 N–H and O–H groups in total. The molecule has 1 saturated heterocycles. The van der Waals surface area contributed by atoms with Crippen molar-refractivity contribution in [1.82, 2.24) is 23.8 Å². The van der Waals surface area contributed by atoms with Gasteiger partial charge in [0.1, 0.15) is 5.52 Å². The van der Waals surface area contributed by atoms with E-state index in [1.54, 1.807) is 37.6 Å². The molecule has 1 aliphatic heterocycles. The third-order valence-corrected chi connectivity index (χ3v) is 10.6. The molecule has 4 aromatic heterocycles. The largest absolute Gasteiger partial charge is 0.491 e. The van der Waals surface area contributed by atoms with E-state index in [9.17, 15) is 8.42 Å². The summed E-state index contributed by atoms with van der Waals surface area (Å²) in [4.78, 5) is 11.9. The van der Waals surface area contributed by atoms with E-state index in [4.69, 9.17) is 19.2 Å². The second-order valence-corrected chi connectivity index (χ2v) is 13.7. The Kier molecular flexibility index (Phi) is 8.54. The topological polar surface area (TPSA) is 113 Å². The quantitative estimate of drug-likeness (QED) is 0.209. The second-order valence-electron chi connectivity index (χ2n) is 11.9. The Morgan fingerprint density at radius 3 is 2.40 bits per heavy atom. The lowest BCUT2D eigenvalue weighted by atomic mass is 10.1. The first-order valence-corrected chi connectivity index (χ1v) is 17.2. The molecule has 7 rings (SSSR count). The fraction of sp³-hybridized carbons (Fsp3) is 0.278. The molecular weight excluding hydrogens is 628 g/mol. The van der Waals surface area contributed by atoms with Gasteiger partial charge in [0.05, 0.1) is 43.5 Å².